The zero-order valence-corrected chi connectivity index (χ0v) is 10.7. The first-order valence-corrected chi connectivity index (χ1v) is 6.20. The Labute approximate surface area is 106 Å². The predicted molar refractivity (Wildman–Crippen MR) is 63.9 cm³/mol. The second-order valence-electron chi connectivity index (χ2n) is 3.81. The molecule has 1 N–H and O–H groups in total. The zero-order valence-electron chi connectivity index (χ0n) is 8.34. The number of nitrogens with one attached hydrogen (secondary N) is 1. The van der Waals surface area contributed by atoms with E-state index in [4.69, 9.17) is 11.6 Å². The SMILES string of the molecule is O=C(NC1CC1)C(Cl)c1ccc(Br)cc1F. The maximum Gasteiger partial charge on any atom is 0.242 e. The molecule has 1 aromatic rings. The molecule has 0 aliphatic heterocycles. The monoisotopic (exact) mass is 305 g/mol. The molecule has 0 radical (unpaired) electrons. The average Bonchev–Trinajstić information content (AvgIpc) is 3.00. The number of rotatable bonds is 3. The normalized spacial score (nSPS) is 16.9. The van der Waals surface area contributed by atoms with E-state index in [9.17, 15) is 9.18 Å². The Balaban J connectivity index is 2.12. The summed E-state index contributed by atoms with van der Waals surface area (Å²) in [6, 6.07) is 4.71. The van der Waals surface area contributed by atoms with Crippen LogP contribution < -0.4 is 5.32 Å². The first-order chi connectivity index (χ1) is 7.58. The molecular formula is C11H10BrClFNO. The van der Waals surface area contributed by atoms with Crippen LogP contribution in [-0.2, 0) is 4.79 Å². The summed E-state index contributed by atoms with van der Waals surface area (Å²) < 4.78 is 14.1. The van der Waals surface area contributed by atoms with Gasteiger partial charge in [0.25, 0.3) is 0 Å². The predicted octanol–water partition coefficient (Wildman–Crippen LogP) is 3.15. The first kappa shape index (κ1) is 11.9. The molecule has 0 heterocycles. The second kappa shape index (κ2) is 4.72. The van der Waals surface area contributed by atoms with Gasteiger partial charge in [-0.15, -0.1) is 11.6 Å². The van der Waals surface area contributed by atoms with E-state index >= 15 is 0 Å². The molecule has 16 heavy (non-hydrogen) atoms. The minimum atomic E-state index is -0.964. The molecule has 0 spiro atoms. The highest BCUT2D eigenvalue weighted by Gasteiger charge is 2.28. The van der Waals surface area contributed by atoms with Crippen LogP contribution in [-0.4, -0.2) is 11.9 Å². The Bertz CT molecular complexity index is 422. The van der Waals surface area contributed by atoms with Crippen molar-refractivity contribution in [2.45, 2.75) is 24.3 Å². The van der Waals surface area contributed by atoms with Crippen LogP contribution in [0.3, 0.4) is 0 Å². The van der Waals surface area contributed by atoms with Gasteiger partial charge in [-0.05, 0) is 25.0 Å². The van der Waals surface area contributed by atoms with Gasteiger partial charge in [0.2, 0.25) is 5.91 Å². The van der Waals surface area contributed by atoms with Crippen LogP contribution in [0.15, 0.2) is 22.7 Å². The van der Waals surface area contributed by atoms with Gasteiger partial charge >= 0.3 is 0 Å². The highest BCUT2D eigenvalue weighted by molar-refractivity contribution is 9.10. The lowest BCUT2D eigenvalue weighted by Gasteiger charge is -2.11. The maximum absolute atomic E-state index is 13.5. The van der Waals surface area contributed by atoms with Gasteiger partial charge in [0, 0.05) is 16.1 Å². The van der Waals surface area contributed by atoms with Crippen molar-refractivity contribution < 1.29 is 9.18 Å². The minimum absolute atomic E-state index is 0.211. The van der Waals surface area contributed by atoms with Crippen molar-refractivity contribution in [1.82, 2.24) is 5.32 Å². The van der Waals surface area contributed by atoms with E-state index in [1.54, 1.807) is 6.07 Å². The summed E-state index contributed by atoms with van der Waals surface area (Å²) in [6.07, 6.45) is 1.97. The van der Waals surface area contributed by atoms with Crippen LogP contribution in [0.2, 0.25) is 0 Å². The van der Waals surface area contributed by atoms with E-state index in [1.807, 2.05) is 0 Å². The average molecular weight is 307 g/mol. The van der Waals surface area contributed by atoms with Crippen molar-refractivity contribution >= 4 is 33.4 Å². The fourth-order valence-corrected chi connectivity index (χ4v) is 1.92. The number of halogens is 3. The van der Waals surface area contributed by atoms with Gasteiger partial charge in [0.15, 0.2) is 0 Å². The van der Waals surface area contributed by atoms with Crippen molar-refractivity contribution in [3.05, 3.63) is 34.1 Å². The standard InChI is InChI=1S/C11H10BrClFNO/c12-6-1-4-8(9(14)5-6)10(13)11(16)15-7-2-3-7/h1,4-5,7,10H,2-3H2,(H,15,16). The van der Waals surface area contributed by atoms with Gasteiger partial charge in [0.1, 0.15) is 11.2 Å². The Morgan fingerprint density at radius 1 is 1.56 bits per heavy atom. The van der Waals surface area contributed by atoms with Crippen LogP contribution in [0.1, 0.15) is 23.8 Å². The maximum atomic E-state index is 13.5. The summed E-state index contributed by atoms with van der Waals surface area (Å²) in [5.41, 5.74) is 0.211. The summed E-state index contributed by atoms with van der Waals surface area (Å²) in [5.74, 6) is -0.800. The molecule has 0 aromatic heterocycles. The van der Waals surface area contributed by atoms with Gasteiger partial charge in [-0.3, -0.25) is 4.79 Å². The molecule has 2 rings (SSSR count). The summed E-state index contributed by atoms with van der Waals surface area (Å²) in [4.78, 5) is 11.6. The van der Waals surface area contributed by atoms with Gasteiger partial charge in [-0.1, -0.05) is 22.0 Å². The second-order valence-corrected chi connectivity index (χ2v) is 5.16. The minimum Gasteiger partial charge on any atom is -0.352 e. The lowest BCUT2D eigenvalue weighted by molar-refractivity contribution is -0.121. The Morgan fingerprint density at radius 3 is 2.81 bits per heavy atom. The van der Waals surface area contributed by atoms with Crippen molar-refractivity contribution in [3.8, 4) is 0 Å². The molecule has 1 aliphatic carbocycles. The van der Waals surface area contributed by atoms with Crippen molar-refractivity contribution in [1.29, 1.82) is 0 Å². The molecular weight excluding hydrogens is 296 g/mol. The van der Waals surface area contributed by atoms with Gasteiger partial charge in [0.05, 0.1) is 0 Å². The van der Waals surface area contributed by atoms with E-state index in [2.05, 4.69) is 21.2 Å². The first-order valence-electron chi connectivity index (χ1n) is 4.97. The molecule has 0 bridgehead atoms. The molecule has 0 saturated heterocycles. The van der Waals surface area contributed by atoms with E-state index in [0.29, 0.717) is 4.47 Å². The quantitative estimate of drug-likeness (QED) is 0.854. The van der Waals surface area contributed by atoms with Crippen LogP contribution in [0.25, 0.3) is 0 Å². The van der Waals surface area contributed by atoms with Crippen LogP contribution in [0, 0.1) is 5.82 Å². The van der Waals surface area contributed by atoms with Crippen molar-refractivity contribution in [2.75, 3.05) is 0 Å². The fraction of sp³-hybridized carbons (Fsp3) is 0.364. The molecule has 1 unspecified atom stereocenters. The van der Waals surface area contributed by atoms with Crippen LogP contribution >= 0.6 is 27.5 Å². The van der Waals surface area contributed by atoms with Crippen LogP contribution in [0.5, 0.6) is 0 Å². The molecule has 1 amide bonds. The third-order valence-electron chi connectivity index (χ3n) is 2.39. The number of hydrogen-bond donors (Lipinski definition) is 1. The Kier molecular flexibility index (Phi) is 3.50. The highest BCUT2D eigenvalue weighted by Crippen LogP contribution is 2.27. The van der Waals surface area contributed by atoms with Gasteiger partial charge < -0.3 is 5.32 Å². The Morgan fingerprint density at radius 2 is 2.25 bits per heavy atom. The zero-order chi connectivity index (χ0) is 11.7. The largest absolute Gasteiger partial charge is 0.352 e. The summed E-state index contributed by atoms with van der Waals surface area (Å²) in [5, 5.41) is 1.78. The fourth-order valence-electron chi connectivity index (χ4n) is 1.35. The molecule has 86 valence electrons. The lowest BCUT2D eigenvalue weighted by Crippen LogP contribution is -2.29. The Hall–Kier alpha value is -0.610. The summed E-state index contributed by atoms with van der Waals surface area (Å²) >= 11 is 9.07. The number of carbonyl (C=O) groups excluding carboxylic acids is 1. The summed E-state index contributed by atoms with van der Waals surface area (Å²) in [7, 11) is 0. The van der Waals surface area contributed by atoms with Crippen LogP contribution in [0.4, 0.5) is 4.39 Å². The van der Waals surface area contributed by atoms with E-state index in [1.165, 1.54) is 12.1 Å². The molecule has 1 atom stereocenters. The van der Waals surface area contributed by atoms with Crippen molar-refractivity contribution in [3.63, 3.8) is 0 Å². The van der Waals surface area contributed by atoms with Gasteiger partial charge in [-0.2, -0.15) is 0 Å². The van der Waals surface area contributed by atoms with E-state index in [0.717, 1.165) is 12.8 Å². The van der Waals surface area contributed by atoms with E-state index in [-0.39, 0.29) is 17.5 Å². The molecule has 2 nitrogen and oxygen atoms in total. The lowest BCUT2D eigenvalue weighted by atomic mass is 10.1. The highest BCUT2D eigenvalue weighted by atomic mass is 79.9. The number of hydrogen-bond acceptors (Lipinski definition) is 1. The number of amides is 1. The molecule has 1 saturated carbocycles. The molecule has 5 heteroatoms. The third-order valence-corrected chi connectivity index (χ3v) is 3.32. The third kappa shape index (κ3) is 2.74. The summed E-state index contributed by atoms with van der Waals surface area (Å²) in [6.45, 7) is 0. The van der Waals surface area contributed by atoms with E-state index < -0.39 is 11.2 Å². The molecule has 1 aliphatic rings. The molecule has 1 aromatic carbocycles. The van der Waals surface area contributed by atoms with Gasteiger partial charge in [-0.25, -0.2) is 4.39 Å². The number of carbonyl (C=O) groups is 1. The van der Waals surface area contributed by atoms with Crippen molar-refractivity contribution in [2.24, 2.45) is 0 Å². The topological polar surface area (TPSA) is 29.1 Å². The smallest absolute Gasteiger partial charge is 0.242 e. The number of alkyl halides is 1. The molecule has 1 fully saturated rings. The number of benzene rings is 1.